The summed E-state index contributed by atoms with van der Waals surface area (Å²) in [5.41, 5.74) is -0.236. The number of hydrogen-bond donors (Lipinski definition) is 2. The summed E-state index contributed by atoms with van der Waals surface area (Å²) < 4.78 is 24.8. The number of carbonyl (C=O) groups excluding carboxylic acids is 3. The largest absolute Gasteiger partial charge is 0.325 e. The molecule has 1 aliphatic heterocycles. The SMILES string of the molecule is CC1CCC2(CC1)NC(=O)N(CC(=O)c1ccc(NS(C)(=O)=O)cc1)C2=O. The molecule has 1 spiro atoms. The highest BCUT2D eigenvalue weighted by molar-refractivity contribution is 7.92. The molecule has 1 aromatic rings. The Balaban J connectivity index is 1.69. The van der Waals surface area contributed by atoms with Gasteiger partial charge >= 0.3 is 6.03 Å². The van der Waals surface area contributed by atoms with Crippen LogP contribution in [0.2, 0.25) is 0 Å². The summed E-state index contributed by atoms with van der Waals surface area (Å²) in [6.07, 6.45) is 3.95. The van der Waals surface area contributed by atoms with Crippen molar-refractivity contribution in [1.29, 1.82) is 0 Å². The van der Waals surface area contributed by atoms with Gasteiger partial charge in [-0.3, -0.25) is 19.2 Å². The monoisotopic (exact) mass is 393 g/mol. The van der Waals surface area contributed by atoms with Gasteiger partial charge in [-0.1, -0.05) is 6.92 Å². The summed E-state index contributed by atoms with van der Waals surface area (Å²) in [4.78, 5) is 38.6. The average Bonchev–Trinajstić information content (AvgIpc) is 2.81. The number of hydrogen-bond acceptors (Lipinski definition) is 5. The lowest BCUT2D eigenvalue weighted by Crippen LogP contribution is -2.49. The number of sulfonamides is 1. The van der Waals surface area contributed by atoms with Crippen molar-refractivity contribution in [1.82, 2.24) is 10.2 Å². The summed E-state index contributed by atoms with van der Waals surface area (Å²) in [7, 11) is -3.40. The van der Waals surface area contributed by atoms with Crippen LogP contribution in [0.25, 0.3) is 0 Å². The van der Waals surface area contributed by atoms with Crippen LogP contribution in [0.15, 0.2) is 24.3 Å². The molecule has 0 aromatic heterocycles. The molecule has 146 valence electrons. The molecule has 2 aliphatic rings. The van der Waals surface area contributed by atoms with E-state index in [1.54, 1.807) is 0 Å². The summed E-state index contributed by atoms with van der Waals surface area (Å²) in [6, 6.07) is 5.32. The van der Waals surface area contributed by atoms with Crippen LogP contribution in [0.3, 0.4) is 0 Å². The van der Waals surface area contributed by atoms with Crippen molar-refractivity contribution in [2.24, 2.45) is 5.92 Å². The quantitative estimate of drug-likeness (QED) is 0.584. The van der Waals surface area contributed by atoms with E-state index < -0.39 is 21.6 Å². The lowest BCUT2D eigenvalue weighted by atomic mass is 9.77. The first kappa shape index (κ1) is 19.3. The molecule has 3 amide bonds. The number of rotatable bonds is 5. The van der Waals surface area contributed by atoms with Crippen molar-refractivity contribution in [2.45, 2.75) is 38.1 Å². The third kappa shape index (κ3) is 4.13. The van der Waals surface area contributed by atoms with E-state index in [9.17, 15) is 22.8 Å². The van der Waals surface area contributed by atoms with Gasteiger partial charge in [0.25, 0.3) is 5.91 Å². The van der Waals surface area contributed by atoms with E-state index in [-0.39, 0.29) is 18.2 Å². The zero-order valence-electron chi connectivity index (χ0n) is 15.3. The molecule has 8 nitrogen and oxygen atoms in total. The summed E-state index contributed by atoms with van der Waals surface area (Å²) in [5.74, 6) is -0.191. The minimum atomic E-state index is -3.40. The smallest absolute Gasteiger partial charge is 0.323 e. The fraction of sp³-hybridized carbons (Fsp3) is 0.500. The third-order valence-corrected chi connectivity index (χ3v) is 5.79. The highest BCUT2D eigenvalue weighted by atomic mass is 32.2. The van der Waals surface area contributed by atoms with Crippen LogP contribution < -0.4 is 10.0 Å². The molecule has 27 heavy (non-hydrogen) atoms. The Bertz CT molecular complexity index is 871. The Morgan fingerprint density at radius 2 is 1.81 bits per heavy atom. The van der Waals surface area contributed by atoms with Crippen LogP contribution in [0.1, 0.15) is 43.0 Å². The number of Topliss-reactive ketones (excluding diaryl/α,β-unsaturated/α-hetero) is 1. The fourth-order valence-electron chi connectivity index (χ4n) is 3.59. The number of nitrogens with zero attached hydrogens (tertiary/aromatic N) is 1. The van der Waals surface area contributed by atoms with Gasteiger partial charge in [0, 0.05) is 11.3 Å². The normalized spacial score (nSPS) is 25.6. The first-order valence-corrected chi connectivity index (χ1v) is 10.7. The molecule has 3 rings (SSSR count). The zero-order chi connectivity index (χ0) is 19.8. The molecule has 2 N–H and O–H groups in total. The molecule has 9 heteroatoms. The van der Waals surface area contributed by atoms with Crippen LogP contribution in [-0.4, -0.2) is 49.4 Å². The number of ketones is 1. The highest BCUT2D eigenvalue weighted by Crippen LogP contribution is 2.36. The summed E-state index contributed by atoms with van der Waals surface area (Å²) in [6.45, 7) is 1.79. The van der Waals surface area contributed by atoms with Gasteiger partial charge in [-0.2, -0.15) is 0 Å². The number of anilines is 1. The van der Waals surface area contributed by atoms with Crippen molar-refractivity contribution in [2.75, 3.05) is 17.5 Å². The molecule has 1 aromatic carbocycles. The van der Waals surface area contributed by atoms with Gasteiger partial charge in [0.15, 0.2) is 5.78 Å². The average molecular weight is 393 g/mol. The van der Waals surface area contributed by atoms with Gasteiger partial charge in [-0.25, -0.2) is 13.2 Å². The predicted octanol–water partition coefficient (Wildman–Crippen LogP) is 1.74. The highest BCUT2D eigenvalue weighted by Gasteiger charge is 2.52. The number of carbonyl (C=O) groups is 3. The molecule has 0 unspecified atom stereocenters. The molecule has 0 atom stereocenters. The first-order valence-electron chi connectivity index (χ1n) is 8.85. The number of urea groups is 1. The number of imide groups is 1. The minimum absolute atomic E-state index is 0.299. The molecular formula is C18H23N3O5S. The molecular weight excluding hydrogens is 370 g/mol. The third-order valence-electron chi connectivity index (χ3n) is 5.19. The van der Waals surface area contributed by atoms with Gasteiger partial charge in [0.05, 0.1) is 12.8 Å². The second-order valence-electron chi connectivity index (χ2n) is 7.46. The zero-order valence-corrected chi connectivity index (χ0v) is 16.1. The van der Waals surface area contributed by atoms with Crippen LogP contribution in [0, 0.1) is 5.92 Å². The van der Waals surface area contributed by atoms with Gasteiger partial charge in [-0.15, -0.1) is 0 Å². The number of nitrogens with one attached hydrogen (secondary N) is 2. The second-order valence-corrected chi connectivity index (χ2v) is 9.21. The van der Waals surface area contributed by atoms with E-state index in [1.165, 1.54) is 24.3 Å². The van der Waals surface area contributed by atoms with E-state index in [1.807, 2.05) is 0 Å². The number of amides is 3. The fourth-order valence-corrected chi connectivity index (χ4v) is 4.15. The van der Waals surface area contributed by atoms with Crippen molar-refractivity contribution in [3.05, 3.63) is 29.8 Å². The standard InChI is InChI=1S/C18H23N3O5S/c1-12-7-9-18(10-8-12)16(23)21(17(24)19-18)11-15(22)13-3-5-14(6-4-13)20-27(2,25)26/h3-6,12,20H,7-11H2,1-2H3,(H,19,24). The first-order chi connectivity index (χ1) is 12.6. The predicted molar refractivity (Wildman–Crippen MR) is 99.8 cm³/mol. The lowest BCUT2D eigenvalue weighted by molar-refractivity contribution is -0.132. The topological polar surface area (TPSA) is 113 Å². The Morgan fingerprint density at radius 3 is 2.37 bits per heavy atom. The van der Waals surface area contributed by atoms with Gasteiger partial charge in [-0.05, 0) is 55.9 Å². The Kier molecular flexibility index (Phi) is 4.98. The minimum Gasteiger partial charge on any atom is -0.323 e. The molecule has 0 radical (unpaired) electrons. The maximum absolute atomic E-state index is 12.8. The van der Waals surface area contributed by atoms with Gasteiger partial charge < -0.3 is 5.32 Å². The van der Waals surface area contributed by atoms with E-state index in [0.717, 1.165) is 24.0 Å². The van der Waals surface area contributed by atoms with Crippen LogP contribution in [0.4, 0.5) is 10.5 Å². The molecule has 1 aliphatic carbocycles. The van der Waals surface area contributed by atoms with Crippen molar-refractivity contribution in [3.8, 4) is 0 Å². The Morgan fingerprint density at radius 1 is 1.22 bits per heavy atom. The summed E-state index contributed by atoms with van der Waals surface area (Å²) >= 11 is 0. The second kappa shape index (κ2) is 6.95. The maximum Gasteiger partial charge on any atom is 0.325 e. The van der Waals surface area contributed by atoms with Crippen LogP contribution in [0.5, 0.6) is 0 Å². The van der Waals surface area contributed by atoms with E-state index >= 15 is 0 Å². The van der Waals surface area contributed by atoms with Gasteiger partial charge in [0.2, 0.25) is 10.0 Å². The lowest BCUT2D eigenvalue weighted by Gasteiger charge is -2.33. The van der Waals surface area contributed by atoms with Gasteiger partial charge in [0.1, 0.15) is 5.54 Å². The molecule has 2 fully saturated rings. The molecule has 0 bridgehead atoms. The molecule has 1 saturated heterocycles. The Labute approximate surface area is 158 Å². The summed E-state index contributed by atoms with van der Waals surface area (Å²) in [5, 5.41) is 2.79. The van der Waals surface area contributed by atoms with Crippen LogP contribution >= 0.6 is 0 Å². The molecule has 1 saturated carbocycles. The van der Waals surface area contributed by atoms with Crippen molar-refractivity contribution < 1.29 is 22.8 Å². The van der Waals surface area contributed by atoms with Crippen LogP contribution in [-0.2, 0) is 14.8 Å². The maximum atomic E-state index is 12.8. The number of benzene rings is 1. The van der Waals surface area contributed by atoms with E-state index in [4.69, 9.17) is 0 Å². The van der Waals surface area contributed by atoms with E-state index in [2.05, 4.69) is 17.0 Å². The van der Waals surface area contributed by atoms with E-state index in [0.29, 0.717) is 30.0 Å². The van der Waals surface area contributed by atoms with Crippen molar-refractivity contribution >= 4 is 33.4 Å². The van der Waals surface area contributed by atoms with Crippen molar-refractivity contribution in [3.63, 3.8) is 0 Å². The Hall–Kier alpha value is -2.42. The molecule has 1 heterocycles.